The van der Waals surface area contributed by atoms with Gasteiger partial charge in [0.15, 0.2) is 5.82 Å². The van der Waals surface area contributed by atoms with Crippen molar-refractivity contribution in [2.24, 2.45) is 4.99 Å². The first kappa shape index (κ1) is 21.2. The van der Waals surface area contributed by atoms with Crippen LogP contribution in [0.1, 0.15) is 30.2 Å². The van der Waals surface area contributed by atoms with Crippen LogP contribution in [0.5, 0.6) is 11.8 Å². The molecule has 2 unspecified atom stereocenters. The van der Waals surface area contributed by atoms with Gasteiger partial charge in [0.1, 0.15) is 29.6 Å². The summed E-state index contributed by atoms with van der Waals surface area (Å²) in [6.45, 7) is 1.64. The van der Waals surface area contributed by atoms with Crippen molar-refractivity contribution in [3.05, 3.63) is 52.7 Å². The molecule has 0 saturated carbocycles. The number of aromatic nitrogens is 4. The molecule has 3 heterocycles. The van der Waals surface area contributed by atoms with Crippen molar-refractivity contribution in [2.75, 3.05) is 12.8 Å². The molecule has 12 heteroatoms. The normalized spacial score (nSPS) is 18.2. The van der Waals surface area contributed by atoms with E-state index in [1.165, 1.54) is 42.3 Å². The van der Waals surface area contributed by atoms with Crippen LogP contribution < -0.4 is 15.2 Å². The van der Waals surface area contributed by atoms with Crippen molar-refractivity contribution < 1.29 is 13.9 Å². The lowest BCUT2D eigenvalue weighted by Gasteiger charge is -2.23. The number of ether oxygens (including phenoxy) is 2. The molecule has 0 aliphatic carbocycles. The number of nitrogens with one attached hydrogen (secondary N) is 1. The first-order valence-electron chi connectivity index (χ1n) is 9.30. The van der Waals surface area contributed by atoms with Gasteiger partial charge < -0.3 is 15.2 Å². The summed E-state index contributed by atoms with van der Waals surface area (Å²) in [7, 11) is 1.42. The SMILES string of the molecule is CN=C(C#N)C1C(=N)Oc2ccnn2-c2ccc(F)c(Cl)c2C(C)Oc2nc1cnc2N. The highest BCUT2D eigenvalue weighted by Crippen LogP contribution is 2.37. The van der Waals surface area contributed by atoms with E-state index in [9.17, 15) is 9.65 Å². The zero-order chi connectivity index (χ0) is 23.0. The fourth-order valence-corrected chi connectivity index (χ4v) is 3.65. The highest BCUT2D eigenvalue weighted by molar-refractivity contribution is 6.31. The first-order valence-corrected chi connectivity index (χ1v) is 9.67. The van der Waals surface area contributed by atoms with Crippen molar-refractivity contribution in [1.29, 1.82) is 10.7 Å². The van der Waals surface area contributed by atoms with Gasteiger partial charge in [-0.05, 0) is 19.1 Å². The van der Waals surface area contributed by atoms with E-state index < -0.39 is 17.8 Å². The van der Waals surface area contributed by atoms with E-state index in [1.54, 1.807) is 6.92 Å². The fourth-order valence-electron chi connectivity index (χ4n) is 3.34. The molecule has 32 heavy (non-hydrogen) atoms. The quantitative estimate of drug-likeness (QED) is 0.536. The van der Waals surface area contributed by atoms with E-state index in [4.69, 9.17) is 32.2 Å². The van der Waals surface area contributed by atoms with Crippen LogP contribution in [-0.2, 0) is 0 Å². The topological polar surface area (TPSA) is 148 Å². The zero-order valence-corrected chi connectivity index (χ0v) is 17.6. The van der Waals surface area contributed by atoms with Gasteiger partial charge in [-0.3, -0.25) is 10.4 Å². The predicted octanol–water partition coefficient (Wildman–Crippen LogP) is 3.22. The lowest BCUT2D eigenvalue weighted by Crippen LogP contribution is -2.28. The maximum atomic E-state index is 14.3. The maximum Gasteiger partial charge on any atom is 0.258 e. The second kappa shape index (κ2) is 8.24. The maximum absolute atomic E-state index is 14.3. The highest BCUT2D eigenvalue weighted by atomic mass is 35.5. The molecule has 0 fully saturated rings. The number of benzene rings is 1. The van der Waals surface area contributed by atoms with E-state index in [-0.39, 0.29) is 45.5 Å². The second-order valence-corrected chi connectivity index (χ2v) is 7.12. The Morgan fingerprint density at radius 1 is 1.41 bits per heavy atom. The Kier molecular flexibility index (Phi) is 5.46. The fraction of sp³-hybridized carbons (Fsp3) is 0.200. The van der Waals surface area contributed by atoms with E-state index in [0.717, 1.165) is 0 Å². The number of nitrogens with zero attached hydrogens (tertiary/aromatic N) is 6. The molecule has 0 saturated heterocycles. The lowest BCUT2D eigenvalue weighted by atomic mass is 10.00. The Bertz CT molecular complexity index is 1300. The Labute approximate surface area is 186 Å². The molecular weight excluding hydrogens is 439 g/mol. The summed E-state index contributed by atoms with van der Waals surface area (Å²) in [5, 5.41) is 22.2. The highest BCUT2D eigenvalue weighted by Gasteiger charge is 2.31. The van der Waals surface area contributed by atoms with E-state index in [0.29, 0.717) is 5.69 Å². The largest absolute Gasteiger partial charge is 0.467 e. The van der Waals surface area contributed by atoms with Crippen LogP contribution in [0.15, 0.2) is 35.6 Å². The van der Waals surface area contributed by atoms with Gasteiger partial charge in [0.05, 0.1) is 28.8 Å². The lowest BCUT2D eigenvalue weighted by molar-refractivity contribution is 0.216. The van der Waals surface area contributed by atoms with Crippen LogP contribution in [-0.4, -0.2) is 38.4 Å². The molecule has 2 atom stereocenters. The van der Waals surface area contributed by atoms with Gasteiger partial charge in [-0.25, -0.2) is 19.0 Å². The molecule has 0 radical (unpaired) electrons. The van der Waals surface area contributed by atoms with Crippen molar-refractivity contribution in [3.63, 3.8) is 0 Å². The summed E-state index contributed by atoms with van der Waals surface area (Å²) in [6, 6.07) is 6.11. The summed E-state index contributed by atoms with van der Waals surface area (Å²) in [5.41, 5.74) is 6.70. The van der Waals surface area contributed by atoms with Crippen LogP contribution >= 0.6 is 11.6 Å². The molecular formula is C20H16ClFN8O2. The molecule has 2 aromatic heterocycles. The van der Waals surface area contributed by atoms with E-state index in [1.807, 2.05) is 6.07 Å². The third-order valence-electron chi connectivity index (χ3n) is 4.83. The standard InChI is InChI=1S/C20H16ClFN8O2/c1-9-15-13(4-3-10(22)17(15)21)30-14(5-6-28-30)32-19(25)16(11(7-23)26-2)12-8-27-18(24)20(29-12)31-9/h3-6,8-9,16,25H,1-2H3,(H2,24,27). The number of hydrogen-bond acceptors (Lipinski definition) is 9. The number of rotatable bonds is 1. The van der Waals surface area contributed by atoms with E-state index >= 15 is 0 Å². The molecule has 3 aromatic rings. The molecule has 162 valence electrons. The monoisotopic (exact) mass is 454 g/mol. The van der Waals surface area contributed by atoms with Gasteiger partial charge in [0, 0.05) is 18.7 Å². The molecule has 1 aliphatic heterocycles. The van der Waals surface area contributed by atoms with Crippen molar-refractivity contribution in [2.45, 2.75) is 18.9 Å². The number of nitriles is 1. The Morgan fingerprint density at radius 3 is 2.91 bits per heavy atom. The van der Waals surface area contributed by atoms with Crippen LogP contribution in [0, 0.1) is 22.6 Å². The average molecular weight is 455 g/mol. The summed E-state index contributed by atoms with van der Waals surface area (Å²) in [4.78, 5) is 12.4. The number of hydrogen-bond donors (Lipinski definition) is 2. The number of halogens is 2. The van der Waals surface area contributed by atoms with Crippen LogP contribution in [0.2, 0.25) is 5.02 Å². The molecule has 2 bridgehead atoms. The minimum Gasteiger partial charge on any atom is -0.467 e. The summed E-state index contributed by atoms with van der Waals surface area (Å²) in [6.07, 6.45) is 1.92. The Hall–Kier alpha value is -4.04. The molecule has 10 nitrogen and oxygen atoms in total. The van der Waals surface area contributed by atoms with Crippen LogP contribution in [0.4, 0.5) is 10.2 Å². The second-order valence-electron chi connectivity index (χ2n) is 6.74. The van der Waals surface area contributed by atoms with Gasteiger partial charge >= 0.3 is 0 Å². The molecule has 3 N–H and O–H groups in total. The van der Waals surface area contributed by atoms with Gasteiger partial charge in [-0.1, -0.05) is 11.6 Å². The number of nitrogen functional groups attached to an aromatic ring is 1. The Morgan fingerprint density at radius 2 is 2.19 bits per heavy atom. The van der Waals surface area contributed by atoms with Gasteiger partial charge in [-0.2, -0.15) is 10.4 Å². The smallest absolute Gasteiger partial charge is 0.258 e. The molecule has 1 aromatic carbocycles. The Balaban J connectivity index is 1.99. The van der Waals surface area contributed by atoms with Crippen molar-refractivity contribution in [1.82, 2.24) is 19.7 Å². The van der Waals surface area contributed by atoms with Crippen molar-refractivity contribution >= 4 is 29.0 Å². The third kappa shape index (κ3) is 3.50. The molecule has 0 spiro atoms. The van der Waals surface area contributed by atoms with Crippen LogP contribution in [0.25, 0.3) is 5.69 Å². The van der Waals surface area contributed by atoms with Crippen molar-refractivity contribution in [3.8, 4) is 23.5 Å². The number of aliphatic imine (C=N–C) groups is 1. The van der Waals surface area contributed by atoms with Gasteiger partial charge in [0.2, 0.25) is 11.8 Å². The molecule has 1 aliphatic rings. The van der Waals surface area contributed by atoms with Crippen LogP contribution in [0.3, 0.4) is 0 Å². The van der Waals surface area contributed by atoms with E-state index in [2.05, 4.69) is 20.1 Å². The van der Waals surface area contributed by atoms with Gasteiger partial charge in [-0.15, -0.1) is 0 Å². The predicted molar refractivity (Wildman–Crippen MR) is 114 cm³/mol. The molecule has 4 rings (SSSR count). The number of anilines is 1. The summed E-state index contributed by atoms with van der Waals surface area (Å²) < 4.78 is 27.4. The van der Waals surface area contributed by atoms with Gasteiger partial charge in [0.25, 0.3) is 5.88 Å². The molecule has 0 amide bonds. The minimum atomic E-state index is -1.07. The zero-order valence-electron chi connectivity index (χ0n) is 16.9. The summed E-state index contributed by atoms with van der Waals surface area (Å²) in [5.74, 6) is -2.06. The average Bonchev–Trinajstić information content (AvgIpc) is 3.22. The number of fused-ring (bicyclic) bond motifs is 5. The summed E-state index contributed by atoms with van der Waals surface area (Å²) >= 11 is 6.29. The first-order chi connectivity index (χ1) is 15.3. The minimum absolute atomic E-state index is 0.0262. The number of nitrogens with two attached hydrogens (primary N) is 1. The third-order valence-corrected chi connectivity index (χ3v) is 5.21.